The van der Waals surface area contributed by atoms with Crippen LogP contribution in [0.25, 0.3) is 0 Å². The Morgan fingerprint density at radius 3 is 2.33 bits per heavy atom. The van der Waals surface area contributed by atoms with Gasteiger partial charge in [0.1, 0.15) is 0 Å². The number of aliphatic hydroxyl groups excluding tert-OH is 1. The summed E-state index contributed by atoms with van der Waals surface area (Å²) in [5, 5.41) is 9.74. The predicted molar refractivity (Wildman–Crippen MR) is 49.7 cm³/mol. The largest absolute Gasteiger partial charge is 0.396 e. The first-order valence-electron chi connectivity index (χ1n) is 3.64. The molecule has 0 amide bonds. The van der Waals surface area contributed by atoms with Gasteiger partial charge in [0.25, 0.3) is 0 Å². The molecule has 1 N–H and O–H groups in total. The first-order valence-corrected chi connectivity index (χ1v) is 4.40. The highest BCUT2D eigenvalue weighted by molar-refractivity contribution is 6.35. The highest BCUT2D eigenvalue weighted by Gasteiger charge is 2.04. The van der Waals surface area contributed by atoms with Crippen LogP contribution >= 0.6 is 23.2 Å². The van der Waals surface area contributed by atoms with Crippen molar-refractivity contribution in [2.75, 3.05) is 6.61 Å². The van der Waals surface area contributed by atoms with Crippen molar-refractivity contribution in [1.82, 2.24) is 4.98 Å². The van der Waals surface area contributed by atoms with Crippen molar-refractivity contribution in [3.8, 4) is 0 Å². The fraction of sp³-hybridized carbons (Fsp3) is 0.375. The Bertz CT molecular complexity index is 245. The maximum absolute atomic E-state index is 8.61. The predicted octanol–water partition coefficient (Wildman–Crippen LogP) is 2.31. The summed E-state index contributed by atoms with van der Waals surface area (Å²) in [7, 11) is 0. The Morgan fingerprint density at radius 1 is 1.25 bits per heavy atom. The maximum atomic E-state index is 8.61. The van der Waals surface area contributed by atoms with E-state index in [2.05, 4.69) is 4.98 Å². The Kier molecular flexibility index (Phi) is 3.79. The second kappa shape index (κ2) is 4.65. The van der Waals surface area contributed by atoms with Crippen molar-refractivity contribution in [3.05, 3.63) is 28.0 Å². The minimum absolute atomic E-state index is 0.148. The van der Waals surface area contributed by atoms with Crippen molar-refractivity contribution >= 4 is 23.2 Å². The first-order chi connectivity index (χ1) is 5.75. The van der Waals surface area contributed by atoms with Crippen LogP contribution in [0.3, 0.4) is 0 Å². The Labute approximate surface area is 81.1 Å². The Morgan fingerprint density at radius 2 is 1.83 bits per heavy atom. The van der Waals surface area contributed by atoms with E-state index < -0.39 is 0 Å². The summed E-state index contributed by atoms with van der Waals surface area (Å²) >= 11 is 11.7. The standard InChI is InChI=1S/C8H9Cl2NO/c9-7-4-11-5-8(10)6(7)2-1-3-12/h4-5,12H,1-3H2. The van der Waals surface area contributed by atoms with Crippen molar-refractivity contribution in [2.45, 2.75) is 12.8 Å². The van der Waals surface area contributed by atoms with Gasteiger partial charge in [-0.1, -0.05) is 23.2 Å². The van der Waals surface area contributed by atoms with E-state index in [9.17, 15) is 0 Å². The van der Waals surface area contributed by atoms with Gasteiger partial charge in [-0.05, 0) is 18.4 Å². The van der Waals surface area contributed by atoms with Crippen LogP contribution in [0.2, 0.25) is 10.0 Å². The number of hydrogen-bond donors (Lipinski definition) is 1. The molecule has 0 fully saturated rings. The van der Waals surface area contributed by atoms with E-state index in [1.807, 2.05) is 0 Å². The van der Waals surface area contributed by atoms with Gasteiger partial charge in [-0.2, -0.15) is 0 Å². The summed E-state index contributed by atoms with van der Waals surface area (Å²) in [6, 6.07) is 0. The molecule has 1 aromatic heterocycles. The topological polar surface area (TPSA) is 33.1 Å². The molecular formula is C8H9Cl2NO. The van der Waals surface area contributed by atoms with Crippen molar-refractivity contribution in [2.24, 2.45) is 0 Å². The molecule has 1 aromatic rings. The zero-order valence-electron chi connectivity index (χ0n) is 6.43. The van der Waals surface area contributed by atoms with Gasteiger partial charge in [-0.3, -0.25) is 4.98 Å². The van der Waals surface area contributed by atoms with E-state index in [-0.39, 0.29) is 6.61 Å². The Balaban J connectivity index is 2.81. The summed E-state index contributed by atoms with van der Waals surface area (Å²) < 4.78 is 0. The molecule has 0 aliphatic rings. The van der Waals surface area contributed by atoms with Crippen LogP contribution in [0, 0.1) is 0 Å². The third kappa shape index (κ3) is 2.34. The van der Waals surface area contributed by atoms with E-state index in [1.165, 1.54) is 0 Å². The first kappa shape index (κ1) is 9.78. The van der Waals surface area contributed by atoms with E-state index in [0.717, 1.165) is 5.56 Å². The highest BCUT2D eigenvalue weighted by atomic mass is 35.5. The van der Waals surface area contributed by atoms with Crippen LogP contribution in [0.4, 0.5) is 0 Å². The molecule has 66 valence electrons. The number of aromatic nitrogens is 1. The third-order valence-electron chi connectivity index (χ3n) is 1.54. The second-order valence-electron chi connectivity index (χ2n) is 2.41. The molecule has 0 unspecified atom stereocenters. The molecule has 1 rings (SSSR count). The quantitative estimate of drug-likeness (QED) is 0.823. The van der Waals surface area contributed by atoms with Gasteiger partial charge < -0.3 is 5.11 Å². The molecule has 0 aliphatic carbocycles. The van der Waals surface area contributed by atoms with E-state index in [1.54, 1.807) is 12.4 Å². The van der Waals surface area contributed by atoms with Gasteiger partial charge in [0.15, 0.2) is 0 Å². The van der Waals surface area contributed by atoms with E-state index in [4.69, 9.17) is 28.3 Å². The molecule has 0 spiro atoms. The molecule has 0 bridgehead atoms. The number of rotatable bonds is 3. The number of aliphatic hydroxyl groups is 1. The van der Waals surface area contributed by atoms with Gasteiger partial charge in [0.2, 0.25) is 0 Å². The van der Waals surface area contributed by atoms with E-state index >= 15 is 0 Å². The van der Waals surface area contributed by atoms with Crippen molar-refractivity contribution in [1.29, 1.82) is 0 Å². The summed E-state index contributed by atoms with van der Waals surface area (Å²) in [6.45, 7) is 0.148. The molecule has 0 saturated heterocycles. The van der Waals surface area contributed by atoms with Gasteiger partial charge in [-0.15, -0.1) is 0 Å². The fourth-order valence-electron chi connectivity index (χ4n) is 0.933. The second-order valence-corrected chi connectivity index (χ2v) is 3.22. The number of halogens is 2. The third-order valence-corrected chi connectivity index (χ3v) is 2.19. The maximum Gasteiger partial charge on any atom is 0.0636 e. The minimum atomic E-state index is 0.148. The minimum Gasteiger partial charge on any atom is -0.396 e. The number of pyridine rings is 1. The summed E-state index contributed by atoms with van der Waals surface area (Å²) in [5.74, 6) is 0. The zero-order chi connectivity index (χ0) is 8.97. The van der Waals surface area contributed by atoms with Crippen LogP contribution in [0.5, 0.6) is 0 Å². The Hall–Kier alpha value is -0.310. The van der Waals surface area contributed by atoms with E-state index in [0.29, 0.717) is 22.9 Å². The van der Waals surface area contributed by atoms with Gasteiger partial charge in [0, 0.05) is 19.0 Å². The molecule has 0 saturated carbocycles. The smallest absolute Gasteiger partial charge is 0.0636 e. The SMILES string of the molecule is OCCCc1c(Cl)cncc1Cl. The van der Waals surface area contributed by atoms with Crippen molar-refractivity contribution < 1.29 is 5.11 Å². The molecule has 1 heterocycles. The average Bonchev–Trinajstić information content (AvgIpc) is 2.04. The van der Waals surface area contributed by atoms with Crippen LogP contribution < -0.4 is 0 Å². The van der Waals surface area contributed by atoms with Gasteiger partial charge >= 0.3 is 0 Å². The van der Waals surface area contributed by atoms with Gasteiger partial charge in [-0.25, -0.2) is 0 Å². The fourth-order valence-corrected chi connectivity index (χ4v) is 1.49. The average molecular weight is 206 g/mol. The highest BCUT2D eigenvalue weighted by Crippen LogP contribution is 2.23. The molecule has 0 aliphatic heterocycles. The van der Waals surface area contributed by atoms with Crippen molar-refractivity contribution in [3.63, 3.8) is 0 Å². The lowest BCUT2D eigenvalue weighted by Crippen LogP contribution is -1.92. The molecule has 0 aromatic carbocycles. The summed E-state index contributed by atoms with van der Waals surface area (Å²) in [5.41, 5.74) is 0.863. The molecule has 12 heavy (non-hydrogen) atoms. The van der Waals surface area contributed by atoms with Crippen LogP contribution in [0.15, 0.2) is 12.4 Å². The number of hydrogen-bond acceptors (Lipinski definition) is 2. The lowest BCUT2D eigenvalue weighted by molar-refractivity contribution is 0.288. The lowest BCUT2D eigenvalue weighted by atomic mass is 10.1. The lowest BCUT2D eigenvalue weighted by Gasteiger charge is -2.03. The molecular weight excluding hydrogens is 197 g/mol. The van der Waals surface area contributed by atoms with Crippen LogP contribution in [-0.4, -0.2) is 16.7 Å². The summed E-state index contributed by atoms with van der Waals surface area (Å²) in [4.78, 5) is 3.83. The van der Waals surface area contributed by atoms with Gasteiger partial charge in [0.05, 0.1) is 10.0 Å². The molecule has 0 radical (unpaired) electrons. The monoisotopic (exact) mass is 205 g/mol. The zero-order valence-corrected chi connectivity index (χ0v) is 7.94. The normalized spacial score (nSPS) is 10.2. The van der Waals surface area contributed by atoms with Crippen LogP contribution in [-0.2, 0) is 6.42 Å². The summed E-state index contributed by atoms with van der Waals surface area (Å²) in [6.07, 6.45) is 4.47. The van der Waals surface area contributed by atoms with Crippen LogP contribution in [0.1, 0.15) is 12.0 Å². The molecule has 2 nitrogen and oxygen atoms in total. The number of nitrogens with zero attached hydrogens (tertiary/aromatic N) is 1. The molecule has 4 heteroatoms. The molecule has 0 atom stereocenters.